The van der Waals surface area contributed by atoms with Crippen LogP contribution in [0, 0.1) is 18.8 Å². The zero-order chi connectivity index (χ0) is 18.5. The lowest BCUT2D eigenvalue weighted by Crippen LogP contribution is -2.55. The lowest BCUT2D eigenvalue weighted by Gasteiger charge is -2.44. The van der Waals surface area contributed by atoms with Crippen LogP contribution in [0.2, 0.25) is 0 Å². The number of carbonyl (C=O) groups is 2. The number of rotatable bonds is 6. The largest absolute Gasteiger partial charge is 0.484 e. The fourth-order valence-corrected chi connectivity index (χ4v) is 4.45. The molecule has 5 heteroatoms. The van der Waals surface area contributed by atoms with Crippen molar-refractivity contribution in [1.29, 1.82) is 0 Å². The highest BCUT2D eigenvalue weighted by molar-refractivity contribution is 5.78. The first-order chi connectivity index (χ1) is 12.5. The van der Waals surface area contributed by atoms with Crippen molar-refractivity contribution >= 4 is 11.8 Å². The summed E-state index contributed by atoms with van der Waals surface area (Å²) in [7, 11) is 0. The molecule has 5 nitrogen and oxygen atoms in total. The molecule has 1 saturated carbocycles. The number of piperidine rings is 1. The fourth-order valence-electron chi connectivity index (χ4n) is 4.45. The normalized spacial score (nSPS) is 28.0. The van der Waals surface area contributed by atoms with Crippen molar-refractivity contribution in [2.45, 2.75) is 64.5 Å². The third-order valence-electron chi connectivity index (χ3n) is 5.72. The van der Waals surface area contributed by atoms with Crippen LogP contribution in [0.15, 0.2) is 24.3 Å². The second kappa shape index (κ2) is 8.56. The molecular formula is C21H30N2O3. The Morgan fingerprint density at radius 2 is 2.04 bits per heavy atom. The number of hydrogen-bond donors (Lipinski definition) is 2. The number of benzene rings is 1. The Kier molecular flexibility index (Phi) is 6.17. The number of ether oxygens (including phenoxy) is 1. The van der Waals surface area contributed by atoms with Crippen molar-refractivity contribution in [3.63, 3.8) is 0 Å². The molecule has 1 saturated heterocycles. The minimum absolute atomic E-state index is 0.0263. The van der Waals surface area contributed by atoms with Crippen molar-refractivity contribution in [3.05, 3.63) is 29.8 Å². The van der Waals surface area contributed by atoms with E-state index in [-0.39, 0.29) is 30.5 Å². The van der Waals surface area contributed by atoms with Gasteiger partial charge in [-0.2, -0.15) is 0 Å². The molecule has 0 radical (unpaired) electrons. The van der Waals surface area contributed by atoms with E-state index in [0.29, 0.717) is 24.0 Å². The van der Waals surface area contributed by atoms with Gasteiger partial charge in [0.05, 0.1) is 0 Å². The monoisotopic (exact) mass is 358 g/mol. The molecule has 4 atom stereocenters. The van der Waals surface area contributed by atoms with Crippen LogP contribution in [0.3, 0.4) is 0 Å². The maximum atomic E-state index is 12.2. The zero-order valence-electron chi connectivity index (χ0n) is 15.8. The van der Waals surface area contributed by atoms with Gasteiger partial charge in [0.1, 0.15) is 5.75 Å². The summed E-state index contributed by atoms with van der Waals surface area (Å²) in [4.78, 5) is 24.2. The van der Waals surface area contributed by atoms with Crippen molar-refractivity contribution < 1.29 is 14.3 Å². The number of aryl methyl sites for hydroxylation is 1. The molecule has 2 fully saturated rings. The molecule has 0 spiro atoms. The SMILES string of the molecule is CCCC1CC(=O)NC2CC(NC(=O)COc3ccc(C)cc3)CCC12. The number of nitrogens with one attached hydrogen (secondary N) is 2. The van der Waals surface area contributed by atoms with E-state index >= 15 is 0 Å². The van der Waals surface area contributed by atoms with E-state index in [9.17, 15) is 9.59 Å². The van der Waals surface area contributed by atoms with Crippen LogP contribution in [0.4, 0.5) is 0 Å². The molecule has 142 valence electrons. The topological polar surface area (TPSA) is 67.4 Å². The Balaban J connectivity index is 1.48. The summed E-state index contributed by atoms with van der Waals surface area (Å²) in [5.74, 6) is 1.84. The van der Waals surface area contributed by atoms with Gasteiger partial charge in [-0.25, -0.2) is 0 Å². The molecule has 0 bridgehead atoms. The average Bonchev–Trinajstić information content (AvgIpc) is 2.61. The summed E-state index contributed by atoms with van der Waals surface area (Å²) in [6.45, 7) is 4.22. The van der Waals surface area contributed by atoms with Crippen LogP contribution in [-0.2, 0) is 9.59 Å². The van der Waals surface area contributed by atoms with Gasteiger partial charge in [-0.1, -0.05) is 31.0 Å². The van der Waals surface area contributed by atoms with Gasteiger partial charge in [-0.3, -0.25) is 9.59 Å². The zero-order valence-corrected chi connectivity index (χ0v) is 15.8. The Morgan fingerprint density at radius 1 is 1.27 bits per heavy atom. The van der Waals surface area contributed by atoms with E-state index in [1.165, 1.54) is 0 Å². The van der Waals surface area contributed by atoms with Crippen molar-refractivity contribution in [3.8, 4) is 5.75 Å². The second-order valence-electron chi connectivity index (χ2n) is 7.77. The van der Waals surface area contributed by atoms with Gasteiger partial charge in [-0.05, 0) is 56.6 Å². The molecule has 1 aromatic carbocycles. The van der Waals surface area contributed by atoms with E-state index in [1.54, 1.807) is 0 Å². The molecule has 3 rings (SSSR count). The van der Waals surface area contributed by atoms with Crippen molar-refractivity contribution in [1.82, 2.24) is 10.6 Å². The number of amides is 2. The van der Waals surface area contributed by atoms with Crippen LogP contribution in [0.25, 0.3) is 0 Å². The van der Waals surface area contributed by atoms with Crippen LogP contribution >= 0.6 is 0 Å². The van der Waals surface area contributed by atoms with Crippen LogP contribution < -0.4 is 15.4 Å². The number of carbonyl (C=O) groups excluding carboxylic acids is 2. The Bertz CT molecular complexity index is 629. The molecule has 4 unspecified atom stereocenters. The Labute approximate surface area is 155 Å². The van der Waals surface area contributed by atoms with E-state index in [4.69, 9.17) is 4.74 Å². The summed E-state index contributed by atoms with van der Waals surface area (Å²) in [5.41, 5.74) is 1.16. The summed E-state index contributed by atoms with van der Waals surface area (Å²) in [5, 5.41) is 6.23. The Hall–Kier alpha value is -2.04. The molecule has 26 heavy (non-hydrogen) atoms. The summed E-state index contributed by atoms with van der Waals surface area (Å²) < 4.78 is 5.56. The third-order valence-corrected chi connectivity index (χ3v) is 5.72. The van der Waals surface area contributed by atoms with Crippen LogP contribution in [0.1, 0.15) is 51.0 Å². The maximum absolute atomic E-state index is 12.2. The highest BCUT2D eigenvalue weighted by atomic mass is 16.5. The first kappa shape index (κ1) is 18.7. The second-order valence-corrected chi connectivity index (χ2v) is 7.77. The van der Waals surface area contributed by atoms with Crippen LogP contribution in [0.5, 0.6) is 5.75 Å². The lowest BCUT2D eigenvalue weighted by atomic mass is 9.70. The predicted octanol–water partition coefficient (Wildman–Crippen LogP) is 2.96. The molecular weight excluding hydrogens is 328 g/mol. The van der Waals surface area contributed by atoms with Gasteiger partial charge >= 0.3 is 0 Å². The maximum Gasteiger partial charge on any atom is 0.258 e. The van der Waals surface area contributed by atoms with Gasteiger partial charge in [0.2, 0.25) is 5.91 Å². The van der Waals surface area contributed by atoms with Gasteiger partial charge < -0.3 is 15.4 Å². The molecule has 1 heterocycles. The first-order valence-electron chi connectivity index (χ1n) is 9.83. The smallest absolute Gasteiger partial charge is 0.258 e. The lowest BCUT2D eigenvalue weighted by molar-refractivity contribution is -0.127. The van der Waals surface area contributed by atoms with Gasteiger partial charge in [-0.15, -0.1) is 0 Å². The standard InChI is InChI=1S/C21H30N2O3/c1-3-4-15-11-20(24)23-19-12-16(7-10-18(15)19)22-21(25)13-26-17-8-5-14(2)6-9-17/h5-6,8-9,15-16,18-19H,3-4,7,10-13H2,1-2H3,(H,22,25)(H,23,24). The predicted molar refractivity (Wildman–Crippen MR) is 101 cm³/mol. The molecule has 2 aliphatic rings. The van der Waals surface area contributed by atoms with Gasteiger partial charge in [0.25, 0.3) is 5.91 Å². The third kappa shape index (κ3) is 4.77. The highest BCUT2D eigenvalue weighted by Gasteiger charge is 2.40. The van der Waals surface area contributed by atoms with Gasteiger partial charge in [0, 0.05) is 18.5 Å². The van der Waals surface area contributed by atoms with Crippen molar-refractivity contribution in [2.75, 3.05) is 6.61 Å². The van der Waals surface area contributed by atoms with Gasteiger partial charge in [0.15, 0.2) is 6.61 Å². The summed E-state index contributed by atoms with van der Waals surface area (Å²) in [6, 6.07) is 7.99. The molecule has 0 aromatic heterocycles. The van der Waals surface area contributed by atoms with Crippen molar-refractivity contribution in [2.24, 2.45) is 11.8 Å². The molecule has 1 aromatic rings. The number of fused-ring (bicyclic) bond motifs is 1. The van der Waals surface area contributed by atoms with Crippen LogP contribution in [-0.4, -0.2) is 30.5 Å². The fraction of sp³-hybridized carbons (Fsp3) is 0.619. The summed E-state index contributed by atoms with van der Waals surface area (Å²) in [6.07, 6.45) is 5.78. The quantitative estimate of drug-likeness (QED) is 0.821. The molecule has 1 aliphatic carbocycles. The average molecular weight is 358 g/mol. The molecule has 2 N–H and O–H groups in total. The minimum atomic E-state index is -0.0960. The summed E-state index contributed by atoms with van der Waals surface area (Å²) >= 11 is 0. The Morgan fingerprint density at radius 3 is 2.77 bits per heavy atom. The number of hydrogen-bond acceptors (Lipinski definition) is 3. The highest BCUT2D eigenvalue weighted by Crippen LogP contribution is 2.37. The van der Waals surface area contributed by atoms with E-state index in [1.807, 2.05) is 31.2 Å². The molecule has 2 amide bonds. The van der Waals surface area contributed by atoms with E-state index in [2.05, 4.69) is 17.6 Å². The van der Waals surface area contributed by atoms with E-state index in [0.717, 1.165) is 37.7 Å². The minimum Gasteiger partial charge on any atom is -0.484 e. The first-order valence-corrected chi connectivity index (χ1v) is 9.83. The molecule has 1 aliphatic heterocycles. The van der Waals surface area contributed by atoms with E-state index < -0.39 is 0 Å².